The van der Waals surface area contributed by atoms with Crippen molar-refractivity contribution in [3.8, 4) is 0 Å². The van der Waals surface area contributed by atoms with Gasteiger partial charge in [-0.05, 0) is 18.2 Å². The Hall–Kier alpha value is -1.78. The summed E-state index contributed by atoms with van der Waals surface area (Å²) in [7, 11) is 0. The average Bonchev–Trinajstić information content (AvgIpc) is 2.52. The van der Waals surface area contributed by atoms with Gasteiger partial charge < -0.3 is 9.80 Å². The van der Waals surface area contributed by atoms with E-state index >= 15 is 0 Å². The van der Waals surface area contributed by atoms with E-state index in [9.17, 15) is 4.39 Å². The molecule has 0 saturated carbocycles. The predicted octanol–water partition coefficient (Wildman–Crippen LogP) is -0.296. The number of halogens is 1. The number of hydrogen-bond acceptors (Lipinski definition) is 1. The summed E-state index contributed by atoms with van der Waals surface area (Å²) in [5.41, 5.74) is 2.18. The van der Waals surface area contributed by atoms with Crippen molar-refractivity contribution in [2.45, 2.75) is 13.1 Å². The highest BCUT2D eigenvalue weighted by Gasteiger charge is 2.23. The molecule has 0 spiro atoms. The van der Waals surface area contributed by atoms with Crippen molar-refractivity contribution in [2.24, 2.45) is 0 Å². The largest absolute Gasteiger partial charge is 0.322 e. The van der Waals surface area contributed by atoms with Gasteiger partial charge in [0.25, 0.3) is 0 Å². The molecule has 1 fully saturated rings. The summed E-state index contributed by atoms with van der Waals surface area (Å²) in [5.74, 6) is -0.0726. The maximum absolute atomic E-state index is 13.7. The van der Waals surface area contributed by atoms with Gasteiger partial charge in [0.15, 0.2) is 0 Å². The normalized spacial score (nSPS) is 22.1. The highest BCUT2D eigenvalue weighted by Crippen LogP contribution is 2.04. The molecule has 21 heavy (non-hydrogen) atoms. The zero-order chi connectivity index (χ0) is 14.5. The number of benzene rings is 1. The Kier molecular flexibility index (Phi) is 4.58. The minimum Gasteiger partial charge on any atom is -0.322 e. The van der Waals surface area contributed by atoms with Crippen LogP contribution in [0.25, 0.3) is 0 Å². The molecule has 110 valence electrons. The van der Waals surface area contributed by atoms with Crippen molar-refractivity contribution in [1.29, 1.82) is 0 Å². The van der Waals surface area contributed by atoms with Gasteiger partial charge in [0, 0.05) is 23.5 Å². The van der Waals surface area contributed by atoms with E-state index in [0.29, 0.717) is 0 Å². The third-order valence-corrected chi connectivity index (χ3v) is 4.27. The quantitative estimate of drug-likeness (QED) is 0.792. The molecule has 1 aliphatic rings. The van der Waals surface area contributed by atoms with Crippen molar-refractivity contribution >= 4 is 0 Å². The van der Waals surface area contributed by atoms with E-state index in [1.165, 1.54) is 10.5 Å². The summed E-state index contributed by atoms with van der Waals surface area (Å²) >= 11 is 0. The number of aromatic nitrogens is 1. The maximum Gasteiger partial charge on any atom is 0.132 e. The Morgan fingerprint density at radius 3 is 2.14 bits per heavy atom. The van der Waals surface area contributed by atoms with E-state index in [2.05, 4.69) is 17.1 Å². The molecule has 2 N–H and O–H groups in total. The van der Waals surface area contributed by atoms with E-state index in [1.54, 1.807) is 17.0 Å². The Bertz CT molecular complexity index is 565. The zero-order valence-corrected chi connectivity index (χ0v) is 12.2. The molecule has 1 aromatic carbocycles. The van der Waals surface area contributed by atoms with Gasteiger partial charge in [-0.25, -0.2) is 4.39 Å². The molecule has 0 amide bonds. The summed E-state index contributed by atoms with van der Waals surface area (Å²) in [4.78, 5) is 7.15. The van der Waals surface area contributed by atoms with Crippen molar-refractivity contribution in [1.82, 2.24) is 4.98 Å². The molecule has 0 unspecified atom stereocenters. The molecule has 3 nitrogen and oxygen atoms in total. The second kappa shape index (κ2) is 6.78. The number of rotatable bonds is 4. The maximum atomic E-state index is 13.7. The third kappa shape index (κ3) is 3.86. The van der Waals surface area contributed by atoms with Crippen molar-refractivity contribution in [3.63, 3.8) is 0 Å². The van der Waals surface area contributed by atoms with Crippen LogP contribution in [-0.2, 0) is 13.1 Å². The lowest BCUT2D eigenvalue weighted by atomic mass is 10.1. The van der Waals surface area contributed by atoms with Gasteiger partial charge in [-0.2, -0.15) is 0 Å². The van der Waals surface area contributed by atoms with Crippen LogP contribution in [0.3, 0.4) is 0 Å². The Balaban J connectivity index is 1.50. The molecular weight excluding hydrogens is 265 g/mol. The van der Waals surface area contributed by atoms with Crippen LogP contribution in [0.1, 0.15) is 11.1 Å². The SMILES string of the molecule is Fc1ccccc1C[NH+]1CC[NH+](Cc2ccncc2)CC1. The summed E-state index contributed by atoms with van der Waals surface area (Å²) in [6.07, 6.45) is 3.71. The van der Waals surface area contributed by atoms with Crippen LogP contribution in [0.2, 0.25) is 0 Å². The van der Waals surface area contributed by atoms with E-state index in [1.807, 2.05) is 24.5 Å². The molecule has 1 aliphatic heterocycles. The minimum atomic E-state index is -0.0726. The number of piperazine rings is 1. The number of pyridine rings is 1. The lowest BCUT2D eigenvalue weighted by Crippen LogP contribution is -3.27. The summed E-state index contributed by atoms with van der Waals surface area (Å²) in [5, 5.41) is 0. The second-order valence-electron chi connectivity index (χ2n) is 5.80. The van der Waals surface area contributed by atoms with E-state index in [0.717, 1.165) is 44.8 Å². The van der Waals surface area contributed by atoms with Crippen LogP contribution in [0.15, 0.2) is 48.8 Å². The molecule has 1 saturated heterocycles. The fourth-order valence-electron chi connectivity index (χ4n) is 3.01. The lowest BCUT2D eigenvalue weighted by Gasteiger charge is -2.29. The average molecular weight is 287 g/mol. The fraction of sp³-hybridized carbons (Fsp3) is 0.353. The topological polar surface area (TPSA) is 21.8 Å². The molecule has 0 atom stereocenters. The first-order valence-electron chi connectivity index (χ1n) is 7.61. The first-order chi connectivity index (χ1) is 10.3. The van der Waals surface area contributed by atoms with E-state index < -0.39 is 0 Å². The lowest BCUT2D eigenvalue weighted by molar-refractivity contribution is -1.02. The van der Waals surface area contributed by atoms with E-state index in [-0.39, 0.29) is 5.82 Å². The van der Waals surface area contributed by atoms with Gasteiger partial charge in [-0.3, -0.25) is 4.98 Å². The van der Waals surface area contributed by atoms with E-state index in [4.69, 9.17) is 0 Å². The Morgan fingerprint density at radius 2 is 1.48 bits per heavy atom. The highest BCUT2D eigenvalue weighted by molar-refractivity contribution is 5.15. The molecule has 4 heteroatoms. The number of nitrogens with one attached hydrogen (secondary N) is 2. The van der Waals surface area contributed by atoms with Crippen molar-refractivity contribution < 1.29 is 14.2 Å². The number of hydrogen-bond donors (Lipinski definition) is 2. The molecular formula is C17H22FN3+2. The van der Waals surface area contributed by atoms with Crippen LogP contribution in [-0.4, -0.2) is 31.2 Å². The molecule has 0 aliphatic carbocycles. The number of nitrogens with zero attached hydrogens (tertiary/aromatic N) is 1. The zero-order valence-electron chi connectivity index (χ0n) is 12.2. The standard InChI is InChI=1S/C17H20FN3/c18-17-4-2-1-3-16(17)14-21-11-9-20(10-12-21)13-15-5-7-19-8-6-15/h1-8H,9-14H2/p+2. The monoisotopic (exact) mass is 287 g/mol. The summed E-state index contributed by atoms with van der Waals surface area (Å²) < 4.78 is 13.7. The molecule has 2 aromatic rings. The Morgan fingerprint density at radius 1 is 0.857 bits per heavy atom. The molecule has 0 radical (unpaired) electrons. The number of quaternary nitrogens is 2. The van der Waals surface area contributed by atoms with Gasteiger partial charge in [0.1, 0.15) is 45.1 Å². The van der Waals surface area contributed by atoms with Gasteiger partial charge in [-0.15, -0.1) is 0 Å². The van der Waals surface area contributed by atoms with Crippen LogP contribution in [0.4, 0.5) is 4.39 Å². The molecule has 0 bridgehead atoms. The van der Waals surface area contributed by atoms with Crippen molar-refractivity contribution in [2.75, 3.05) is 26.2 Å². The molecule has 2 heterocycles. The Labute approximate surface area is 125 Å². The van der Waals surface area contributed by atoms with Crippen LogP contribution in [0, 0.1) is 5.82 Å². The fourth-order valence-corrected chi connectivity index (χ4v) is 3.01. The minimum absolute atomic E-state index is 0.0726. The smallest absolute Gasteiger partial charge is 0.132 e. The van der Waals surface area contributed by atoms with Crippen LogP contribution >= 0.6 is 0 Å². The van der Waals surface area contributed by atoms with Crippen LogP contribution < -0.4 is 9.80 Å². The molecule has 1 aromatic heterocycles. The van der Waals surface area contributed by atoms with Gasteiger partial charge in [0.05, 0.1) is 0 Å². The van der Waals surface area contributed by atoms with Gasteiger partial charge in [0.2, 0.25) is 0 Å². The predicted molar refractivity (Wildman–Crippen MR) is 79.4 cm³/mol. The first kappa shape index (κ1) is 14.2. The van der Waals surface area contributed by atoms with Crippen molar-refractivity contribution in [3.05, 3.63) is 65.7 Å². The van der Waals surface area contributed by atoms with Crippen LogP contribution in [0.5, 0.6) is 0 Å². The second-order valence-corrected chi connectivity index (χ2v) is 5.80. The van der Waals surface area contributed by atoms with Gasteiger partial charge in [-0.1, -0.05) is 18.2 Å². The third-order valence-electron chi connectivity index (χ3n) is 4.27. The van der Waals surface area contributed by atoms with Gasteiger partial charge >= 0.3 is 0 Å². The summed E-state index contributed by atoms with van der Waals surface area (Å²) in [6, 6.07) is 11.3. The molecule has 3 rings (SSSR count). The summed E-state index contributed by atoms with van der Waals surface area (Å²) in [6.45, 7) is 6.37. The first-order valence-corrected chi connectivity index (χ1v) is 7.61. The highest BCUT2D eigenvalue weighted by atomic mass is 19.1.